The Kier molecular flexibility index (Phi) is 7.12. The molecule has 0 bridgehead atoms. The number of anilines is 1. The van der Waals surface area contributed by atoms with Crippen molar-refractivity contribution in [3.05, 3.63) is 28.2 Å². The van der Waals surface area contributed by atoms with Crippen LogP contribution in [0.1, 0.15) is 25.8 Å². The largest absolute Gasteiger partial charge is 0.314 e. The number of nitrogens with one attached hydrogen (secondary N) is 2. The summed E-state index contributed by atoms with van der Waals surface area (Å²) in [4.78, 5) is 0. The first-order chi connectivity index (χ1) is 9.72. The summed E-state index contributed by atoms with van der Waals surface area (Å²) in [5.74, 6) is 0. The average Bonchev–Trinajstić information content (AvgIpc) is 2.38. The van der Waals surface area contributed by atoms with Gasteiger partial charge in [-0.25, -0.2) is 0 Å². The molecule has 120 valence electrons. The van der Waals surface area contributed by atoms with Crippen molar-refractivity contribution in [1.82, 2.24) is 9.62 Å². The van der Waals surface area contributed by atoms with Gasteiger partial charge in [0.15, 0.2) is 0 Å². The molecule has 0 spiro atoms. The van der Waals surface area contributed by atoms with Gasteiger partial charge in [0.25, 0.3) is 0 Å². The summed E-state index contributed by atoms with van der Waals surface area (Å²) in [6.07, 6.45) is 0.768. The first-order valence-electron chi connectivity index (χ1n) is 6.96. The van der Waals surface area contributed by atoms with Crippen molar-refractivity contribution in [3.63, 3.8) is 0 Å². The molecular weight excluding hydrogens is 354 g/mol. The lowest BCUT2D eigenvalue weighted by atomic mass is 10.2. The molecule has 2 N–H and O–H groups in total. The molecule has 1 rings (SSSR count). The Bertz CT molecular complexity index is 561. The van der Waals surface area contributed by atoms with Crippen molar-refractivity contribution in [2.24, 2.45) is 0 Å². The molecule has 0 atom stereocenters. The van der Waals surface area contributed by atoms with Gasteiger partial charge in [-0.3, -0.25) is 4.72 Å². The summed E-state index contributed by atoms with van der Waals surface area (Å²) >= 11 is 3.36. The highest BCUT2D eigenvalue weighted by molar-refractivity contribution is 9.10. The highest BCUT2D eigenvalue weighted by Crippen LogP contribution is 2.24. The third-order valence-electron chi connectivity index (χ3n) is 2.97. The van der Waals surface area contributed by atoms with Gasteiger partial charge in [0.1, 0.15) is 0 Å². The molecule has 0 saturated carbocycles. The fraction of sp³-hybridized carbons (Fsp3) is 0.571. The quantitative estimate of drug-likeness (QED) is 0.684. The lowest BCUT2D eigenvalue weighted by molar-refractivity contribution is 0.451. The van der Waals surface area contributed by atoms with Crippen LogP contribution in [0.5, 0.6) is 0 Å². The Morgan fingerprint density at radius 3 is 2.62 bits per heavy atom. The molecule has 0 aliphatic heterocycles. The van der Waals surface area contributed by atoms with Gasteiger partial charge in [-0.15, -0.1) is 0 Å². The maximum Gasteiger partial charge on any atom is 0.301 e. The Labute approximate surface area is 136 Å². The molecule has 0 amide bonds. The van der Waals surface area contributed by atoms with Crippen molar-refractivity contribution >= 4 is 31.8 Å². The van der Waals surface area contributed by atoms with E-state index in [1.165, 1.54) is 4.31 Å². The van der Waals surface area contributed by atoms with Crippen LogP contribution in [0.4, 0.5) is 5.69 Å². The van der Waals surface area contributed by atoms with Crippen LogP contribution >= 0.6 is 15.9 Å². The number of rotatable bonds is 8. The van der Waals surface area contributed by atoms with E-state index >= 15 is 0 Å². The molecule has 5 nitrogen and oxygen atoms in total. The monoisotopic (exact) mass is 377 g/mol. The number of nitrogens with zero attached hydrogens (tertiary/aromatic N) is 1. The molecule has 7 heteroatoms. The highest BCUT2D eigenvalue weighted by Gasteiger charge is 2.18. The average molecular weight is 378 g/mol. The summed E-state index contributed by atoms with van der Waals surface area (Å²) in [7, 11) is -1.94. The minimum absolute atomic E-state index is 0.410. The van der Waals surface area contributed by atoms with E-state index in [4.69, 9.17) is 0 Å². The van der Waals surface area contributed by atoms with Crippen molar-refractivity contribution < 1.29 is 8.42 Å². The third kappa shape index (κ3) is 6.34. The van der Waals surface area contributed by atoms with Crippen molar-refractivity contribution in [2.45, 2.75) is 33.2 Å². The predicted octanol–water partition coefficient (Wildman–Crippen LogP) is 2.73. The Morgan fingerprint density at radius 2 is 2.00 bits per heavy atom. The van der Waals surface area contributed by atoms with Crippen LogP contribution in [0, 0.1) is 6.92 Å². The number of hydrogen-bond acceptors (Lipinski definition) is 3. The van der Waals surface area contributed by atoms with Gasteiger partial charge in [-0.2, -0.15) is 12.7 Å². The standard InChI is InChI=1S/C14H24BrN3O2S/c1-11(2)16-8-5-9-18(4)21(19,20)17-14-10-12(3)6-7-13(14)15/h6-7,10-11,16-17H,5,8-9H2,1-4H3. The van der Waals surface area contributed by atoms with Crippen molar-refractivity contribution in [2.75, 3.05) is 24.9 Å². The maximum atomic E-state index is 12.3. The van der Waals surface area contributed by atoms with E-state index in [9.17, 15) is 8.42 Å². The van der Waals surface area contributed by atoms with E-state index < -0.39 is 10.2 Å². The Balaban J connectivity index is 2.61. The first kappa shape index (κ1) is 18.4. The molecule has 0 saturated heterocycles. The van der Waals surface area contributed by atoms with E-state index in [1.807, 2.05) is 19.1 Å². The maximum absolute atomic E-state index is 12.3. The summed E-state index contributed by atoms with van der Waals surface area (Å²) in [6, 6.07) is 5.96. The van der Waals surface area contributed by atoms with Crippen molar-refractivity contribution in [1.29, 1.82) is 0 Å². The molecule has 0 heterocycles. The molecule has 0 unspecified atom stereocenters. The number of hydrogen-bond donors (Lipinski definition) is 2. The van der Waals surface area contributed by atoms with Crippen molar-refractivity contribution in [3.8, 4) is 0 Å². The number of halogens is 1. The van der Waals surface area contributed by atoms with E-state index in [0.29, 0.717) is 18.3 Å². The summed E-state index contributed by atoms with van der Waals surface area (Å²) in [6.45, 7) is 7.32. The van der Waals surface area contributed by atoms with Gasteiger partial charge in [-0.05, 0) is 53.5 Å². The summed E-state index contributed by atoms with van der Waals surface area (Å²) in [5.41, 5.74) is 1.56. The molecule has 21 heavy (non-hydrogen) atoms. The van der Waals surface area contributed by atoms with Crippen LogP contribution in [0.3, 0.4) is 0 Å². The zero-order valence-corrected chi connectivity index (χ0v) is 15.4. The molecule has 0 fully saturated rings. The normalized spacial score (nSPS) is 12.1. The van der Waals surface area contributed by atoms with Gasteiger partial charge in [0.2, 0.25) is 0 Å². The molecule has 0 radical (unpaired) electrons. The van der Waals surface area contributed by atoms with Gasteiger partial charge in [0.05, 0.1) is 5.69 Å². The SMILES string of the molecule is Cc1ccc(Br)c(NS(=O)(=O)N(C)CCCNC(C)C)c1. The highest BCUT2D eigenvalue weighted by atomic mass is 79.9. The molecule has 0 aromatic heterocycles. The molecule has 0 aliphatic rings. The van der Waals surface area contributed by atoms with Gasteiger partial charge in [0, 0.05) is 24.1 Å². The van der Waals surface area contributed by atoms with E-state index in [2.05, 4.69) is 39.8 Å². The van der Waals surface area contributed by atoms with Gasteiger partial charge >= 0.3 is 10.2 Å². The topological polar surface area (TPSA) is 61.4 Å². The van der Waals surface area contributed by atoms with E-state index in [1.54, 1.807) is 13.1 Å². The van der Waals surface area contributed by atoms with E-state index in [0.717, 1.165) is 23.0 Å². The van der Waals surface area contributed by atoms with Crippen LogP contribution in [0.15, 0.2) is 22.7 Å². The zero-order valence-electron chi connectivity index (χ0n) is 13.0. The van der Waals surface area contributed by atoms with Gasteiger partial charge in [-0.1, -0.05) is 19.9 Å². The lowest BCUT2D eigenvalue weighted by Crippen LogP contribution is -2.35. The molecule has 1 aromatic rings. The second kappa shape index (κ2) is 8.12. The van der Waals surface area contributed by atoms with Crippen LogP contribution in [-0.4, -0.2) is 38.9 Å². The lowest BCUT2D eigenvalue weighted by Gasteiger charge is -2.19. The fourth-order valence-corrected chi connectivity index (χ4v) is 3.20. The Morgan fingerprint density at radius 1 is 1.33 bits per heavy atom. The minimum atomic E-state index is -3.53. The predicted molar refractivity (Wildman–Crippen MR) is 91.8 cm³/mol. The van der Waals surface area contributed by atoms with Gasteiger partial charge < -0.3 is 5.32 Å². The Hall–Kier alpha value is -0.630. The smallest absolute Gasteiger partial charge is 0.301 e. The second-order valence-electron chi connectivity index (χ2n) is 5.37. The number of aryl methyl sites for hydroxylation is 1. The first-order valence-corrected chi connectivity index (χ1v) is 9.19. The second-order valence-corrected chi connectivity index (χ2v) is 8.01. The minimum Gasteiger partial charge on any atom is -0.314 e. The molecular formula is C14H24BrN3O2S. The molecule has 1 aromatic carbocycles. The van der Waals surface area contributed by atoms with Crippen LogP contribution in [-0.2, 0) is 10.2 Å². The van der Waals surface area contributed by atoms with E-state index in [-0.39, 0.29) is 0 Å². The van der Waals surface area contributed by atoms with Crippen LogP contribution in [0.2, 0.25) is 0 Å². The molecule has 0 aliphatic carbocycles. The third-order valence-corrected chi connectivity index (χ3v) is 5.15. The summed E-state index contributed by atoms with van der Waals surface area (Å²) in [5, 5.41) is 3.27. The fourth-order valence-electron chi connectivity index (χ4n) is 1.75. The van der Waals surface area contributed by atoms with Crippen LogP contribution in [0.25, 0.3) is 0 Å². The zero-order chi connectivity index (χ0) is 16.0. The number of benzene rings is 1. The summed E-state index contributed by atoms with van der Waals surface area (Å²) < 4.78 is 29.2. The van der Waals surface area contributed by atoms with Crippen LogP contribution < -0.4 is 10.0 Å².